The van der Waals surface area contributed by atoms with Crippen LogP contribution in [0.3, 0.4) is 0 Å². The van der Waals surface area contributed by atoms with Gasteiger partial charge < -0.3 is 19.7 Å². The molecular weight excluding hydrogens is 311 g/mol. The highest BCUT2D eigenvalue weighted by atomic mass is 19.1. The van der Waals surface area contributed by atoms with Gasteiger partial charge in [0, 0.05) is 11.5 Å². The van der Waals surface area contributed by atoms with Crippen LogP contribution in [0.4, 0.5) is 4.39 Å². The van der Waals surface area contributed by atoms with Crippen LogP contribution < -0.4 is 0 Å². The fraction of sp³-hybridized carbons (Fsp3) is 0.368. The normalized spacial score (nSPS) is 37.5. The predicted molar refractivity (Wildman–Crippen MR) is 84.2 cm³/mol. The molecule has 2 fully saturated rings. The van der Waals surface area contributed by atoms with Crippen molar-refractivity contribution in [3.05, 3.63) is 71.5 Å². The summed E-state index contributed by atoms with van der Waals surface area (Å²) in [6.07, 6.45) is -0.706. The van der Waals surface area contributed by atoms with Gasteiger partial charge >= 0.3 is 0 Å². The second-order valence-electron chi connectivity index (χ2n) is 6.76. The summed E-state index contributed by atoms with van der Waals surface area (Å²) in [5, 5.41) is 22.4. The number of rotatable bonds is 3. The van der Waals surface area contributed by atoms with Crippen molar-refractivity contribution in [3.8, 4) is 0 Å². The lowest BCUT2D eigenvalue weighted by Crippen LogP contribution is -2.45. The number of aliphatic hydroxyl groups is 2. The number of hydrogen-bond acceptors (Lipinski definition) is 4. The molecule has 0 aromatic heterocycles. The average molecular weight is 330 g/mol. The van der Waals surface area contributed by atoms with Crippen LogP contribution >= 0.6 is 0 Å². The highest BCUT2D eigenvalue weighted by Gasteiger charge is 2.85. The number of epoxide rings is 1. The first-order valence-electron chi connectivity index (χ1n) is 7.99. The fourth-order valence-electron chi connectivity index (χ4n) is 3.62. The molecule has 0 aliphatic carbocycles. The molecule has 0 radical (unpaired) electrons. The number of benzene rings is 2. The standard InChI is InChI=1S/C19H19FO4/c1-12(2)18(21)16-17(23-16,13-6-4-3-5-7-13)19(22,24-18)14-8-10-15(20)11-9-14/h3-12,16,21-22H,1-2H3. The summed E-state index contributed by atoms with van der Waals surface area (Å²) in [4.78, 5) is 0. The Morgan fingerprint density at radius 2 is 1.58 bits per heavy atom. The lowest BCUT2D eigenvalue weighted by atomic mass is 9.82. The molecule has 5 heteroatoms. The first-order chi connectivity index (χ1) is 11.3. The molecule has 4 unspecified atom stereocenters. The Morgan fingerprint density at radius 3 is 2.17 bits per heavy atom. The second-order valence-corrected chi connectivity index (χ2v) is 6.76. The summed E-state index contributed by atoms with van der Waals surface area (Å²) in [6.45, 7) is 3.60. The Balaban J connectivity index is 1.89. The Bertz CT molecular complexity index is 763. The molecule has 4 atom stereocenters. The van der Waals surface area contributed by atoms with Crippen molar-refractivity contribution in [2.24, 2.45) is 5.92 Å². The quantitative estimate of drug-likeness (QED) is 0.850. The zero-order chi connectivity index (χ0) is 17.2. The van der Waals surface area contributed by atoms with Crippen LogP contribution in [0.2, 0.25) is 0 Å². The summed E-state index contributed by atoms with van der Waals surface area (Å²) < 4.78 is 25.0. The molecule has 2 aliphatic heterocycles. The number of ether oxygens (including phenoxy) is 2. The third-order valence-corrected chi connectivity index (χ3v) is 5.07. The molecule has 4 nitrogen and oxygen atoms in total. The van der Waals surface area contributed by atoms with Crippen molar-refractivity contribution in [2.45, 2.75) is 37.1 Å². The maximum absolute atomic E-state index is 13.3. The van der Waals surface area contributed by atoms with E-state index in [1.54, 1.807) is 13.8 Å². The van der Waals surface area contributed by atoms with E-state index in [1.165, 1.54) is 24.3 Å². The van der Waals surface area contributed by atoms with E-state index in [2.05, 4.69) is 0 Å². The van der Waals surface area contributed by atoms with Crippen molar-refractivity contribution in [1.29, 1.82) is 0 Å². The van der Waals surface area contributed by atoms with Gasteiger partial charge in [0.2, 0.25) is 11.6 Å². The van der Waals surface area contributed by atoms with Crippen molar-refractivity contribution in [2.75, 3.05) is 0 Å². The van der Waals surface area contributed by atoms with E-state index in [9.17, 15) is 14.6 Å². The SMILES string of the molecule is CC(C)C1(O)OC(O)(c2ccc(F)cc2)C2(c3ccccc3)OC12. The van der Waals surface area contributed by atoms with E-state index in [4.69, 9.17) is 9.47 Å². The highest BCUT2D eigenvalue weighted by Crippen LogP contribution is 2.69. The minimum absolute atomic E-state index is 0.303. The van der Waals surface area contributed by atoms with Crippen LogP contribution in [0.15, 0.2) is 54.6 Å². The van der Waals surface area contributed by atoms with Gasteiger partial charge in [-0.25, -0.2) is 4.39 Å². The van der Waals surface area contributed by atoms with E-state index in [0.29, 0.717) is 11.1 Å². The smallest absolute Gasteiger partial charge is 0.232 e. The molecule has 2 aromatic rings. The molecule has 0 bridgehead atoms. The van der Waals surface area contributed by atoms with Gasteiger partial charge in [-0.2, -0.15) is 0 Å². The monoisotopic (exact) mass is 330 g/mol. The first kappa shape index (κ1) is 15.7. The third-order valence-electron chi connectivity index (χ3n) is 5.07. The summed E-state index contributed by atoms with van der Waals surface area (Å²) in [5.41, 5.74) is -0.171. The van der Waals surface area contributed by atoms with Crippen molar-refractivity contribution >= 4 is 0 Å². The van der Waals surface area contributed by atoms with Crippen LogP contribution in [-0.4, -0.2) is 22.1 Å². The van der Waals surface area contributed by atoms with Crippen LogP contribution in [-0.2, 0) is 20.9 Å². The van der Waals surface area contributed by atoms with Crippen molar-refractivity contribution in [1.82, 2.24) is 0 Å². The molecule has 24 heavy (non-hydrogen) atoms. The maximum Gasteiger partial charge on any atom is 0.232 e. The van der Waals surface area contributed by atoms with E-state index in [0.717, 1.165) is 0 Å². The molecular formula is C19H19FO4. The summed E-state index contributed by atoms with van der Waals surface area (Å²) in [6, 6.07) is 14.6. The average Bonchev–Trinajstić information content (AvgIpc) is 3.30. The molecule has 2 aromatic carbocycles. The number of fused-ring (bicyclic) bond motifs is 1. The van der Waals surface area contributed by atoms with Gasteiger partial charge in [0.1, 0.15) is 5.82 Å². The van der Waals surface area contributed by atoms with Crippen molar-refractivity contribution in [3.63, 3.8) is 0 Å². The minimum Gasteiger partial charge on any atom is -0.363 e. The van der Waals surface area contributed by atoms with Crippen LogP contribution in [0.25, 0.3) is 0 Å². The molecule has 2 heterocycles. The zero-order valence-electron chi connectivity index (χ0n) is 13.4. The minimum atomic E-state index is -1.91. The molecule has 2 saturated heterocycles. The molecule has 126 valence electrons. The Morgan fingerprint density at radius 1 is 0.958 bits per heavy atom. The van der Waals surface area contributed by atoms with Gasteiger partial charge in [0.15, 0.2) is 11.7 Å². The molecule has 2 aliphatic rings. The lowest BCUT2D eigenvalue weighted by molar-refractivity contribution is -0.360. The largest absolute Gasteiger partial charge is 0.363 e. The Labute approximate surface area is 139 Å². The van der Waals surface area contributed by atoms with Crippen LogP contribution in [0.5, 0.6) is 0 Å². The molecule has 0 amide bonds. The highest BCUT2D eigenvalue weighted by molar-refractivity contribution is 5.42. The summed E-state index contributed by atoms with van der Waals surface area (Å²) in [5.74, 6) is -4.27. The van der Waals surface area contributed by atoms with Gasteiger partial charge in [0.25, 0.3) is 0 Å². The first-order valence-corrected chi connectivity index (χ1v) is 7.99. The van der Waals surface area contributed by atoms with E-state index < -0.39 is 29.1 Å². The Kier molecular flexibility index (Phi) is 3.19. The van der Waals surface area contributed by atoms with Gasteiger partial charge in [-0.15, -0.1) is 0 Å². The number of halogens is 1. The van der Waals surface area contributed by atoms with E-state index >= 15 is 0 Å². The fourth-order valence-corrected chi connectivity index (χ4v) is 3.62. The van der Waals surface area contributed by atoms with Crippen LogP contribution in [0.1, 0.15) is 25.0 Å². The molecule has 4 rings (SSSR count). The second kappa shape index (κ2) is 4.86. The van der Waals surface area contributed by atoms with Crippen LogP contribution in [0, 0.1) is 11.7 Å². The Hall–Kier alpha value is -1.79. The maximum atomic E-state index is 13.3. The topological polar surface area (TPSA) is 62.2 Å². The van der Waals surface area contributed by atoms with Gasteiger partial charge in [-0.3, -0.25) is 0 Å². The molecule has 0 spiro atoms. The number of hydrogen-bond donors (Lipinski definition) is 2. The van der Waals surface area contributed by atoms with E-state index in [1.807, 2.05) is 30.3 Å². The van der Waals surface area contributed by atoms with Crippen molar-refractivity contribution < 1.29 is 24.1 Å². The summed E-state index contributed by atoms with van der Waals surface area (Å²) >= 11 is 0. The lowest BCUT2D eigenvalue weighted by Gasteiger charge is -2.36. The zero-order valence-corrected chi connectivity index (χ0v) is 13.4. The predicted octanol–water partition coefficient (Wildman–Crippen LogP) is 2.64. The molecule has 2 N–H and O–H groups in total. The van der Waals surface area contributed by atoms with Gasteiger partial charge in [-0.05, 0) is 17.7 Å². The summed E-state index contributed by atoms with van der Waals surface area (Å²) in [7, 11) is 0. The molecule has 0 saturated carbocycles. The third kappa shape index (κ3) is 1.81. The van der Waals surface area contributed by atoms with Gasteiger partial charge in [-0.1, -0.05) is 56.3 Å². The van der Waals surface area contributed by atoms with E-state index in [-0.39, 0.29) is 5.92 Å². The van der Waals surface area contributed by atoms with Gasteiger partial charge in [0.05, 0.1) is 0 Å².